The van der Waals surface area contributed by atoms with E-state index in [9.17, 15) is 14.9 Å². The SMILES string of the molecule is COc1ccc(NC(=O)/C=C/c2ccc(C(C)C)cc2)c([N+](=O)[O-])c1. The number of rotatable bonds is 6. The molecule has 1 amide bonds. The average molecular weight is 340 g/mol. The predicted molar refractivity (Wildman–Crippen MR) is 97.8 cm³/mol. The lowest BCUT2D eigenvalue weighted by Crippen LogP contribution is -2.09. The Kier molecular flexibility index (Phi) is 5.89. The number of ether oxygens (including phenoxy) is 1. The van der Waals surface area contributed by atoms with E-state index in [1.165, 1.54) is 30.9 Å². The maximum absolute atomic E-state index is 12.0. The van der Waals surface area contributed by atoms with Gasteiger partial charge in [0.1, 0.15) is 11.4 Å². The smallest absolute Gasteiger partial charge is 0.296 e. The number of nitrogens with zero attached hydrogens (tertiary/aromatic N) is 1. The molecule has 0 fully saturated rings. The van der Waals surface area contributed by atoms with Crippen molar-refractivity contribution in [2.45, 2.75) is 19.8 Å². The lowest BCUT2D eigenvalue weighted by atomic mass is 10.0. The van der Waals surface area contributed by atoms with E-state index in [-0.39, 0.29) is 11.4 Å². The van der Waals surface area contributed by atoms with Gasteiger partial charge >= 0.3 is 0 Å². The van der Waals surface area contributed by atoms with Gasteiger partial charge in [-0.25, -0.2) is 0 Å². The standard InChI is InChI=1S/C19H20N2O4/c1-13(2)15-7-4-14(5-8-15)6-11-19(22)20-17-10-9-16(25-3)12-18(17)21(23)24/h4-13H,1-3H3,(H,20,22)/b11-6+. The molecule has 0 saturated carbocycles. The maximum atomic E-state index is 12.0. The third-order valence-corrected chi connectivity index (χ3v) is 3.69. The van der Waals surface area contributed by atoms with Gasteiger partial charge in [0.05, 0.1) is 18.1 Å². The van der Waals surface area contributed by atoms with Crippen LogP contribution in [0.5, 0.6) is 5.75 Å². The van der Waals surface area contributed by atoms with Gasteiger partial charge in [0, 0.05) is 6.08 Å². The lowest BCUT2D eigenvalue weighted by Gasteiger charge is -2.06. The van der Waals surface area contributed by atoms with Crippen molar-refractivity contribution < 1.29 is 14.5 Å². The highest BCUT2D eigenvalue weighted by molar-refractivity contribution is 6.03. The highest BCUT2D eigenvalue weighted by Crippen LogP contribution is 2.28. The van der Waals surface area contributed by atoms with Crippen LogP contribution in [0, 0.1) is 10.1 Å². The predicted octanol–water partition coefficient (Wildman–Crippen LogP) is 4.38. The molecule has 6 heteroatoms. The molecule has 0 saturated heterocycles. The quantitative estimate of drug-likeness (QED) is 0.481. The monoisotopic (exact) mass is 340 g/mol. The van der Waals surface area contributed by atoms with E-state index in [0.717, 1.165) is 5.56 Å². The van der Waals surface area contributed by atoms with Gasteiger partial charge < -0.3 is 10.1 Å². The second kappa shape index (κ2) is 8.10. The van der Waals surface area contributed by atoms with Crippen molar-refractivity contribution in [3.05, 3.63) is 69.8 Å². The number of carbonyl (C=O) groups is 1. The summed E-state index contributed by atoms with van der Waals surface area (Å²) in [5.41, 5.74) is 2.00. The molecule has 0 aromatic heterocycles. The van der Waals surface area contributed by atoms with Crippen molar-refractivity contribution in [3.8, 4) is 5.75 Å². The summed E-state index contributed by atoms with van der Waals surface area (Å²) in [4.78, 5) is 22.6. The fourth-order valence-electron chi connectivity index (χ4n) is 2.23. The summed E-state index contributed by atoms with van der Waals surface area (Å²) in [6.45, 7) is 4.22. The first-order valence-corrected chi connectivity index (χ1v) is 7.82. The Balaban J connectivity index is 2.10. The van der Waals surface area contributed by atoms with Crippen LogP contribution in [0.25, 0.3) is 6.08 Å². The molecule has 2 rings (SSSR count). The average Bonchev–Trinajstić information content (AvgIpc) is 2.60. The molecule has 0 bridgehead atoms. The molecule has 0 aliphatic rings. The third-order valence-electron chi connectivity index (χ3n) is 3.69. The number of methoxy groups -OCH3 is 1. The number of nitrogens with one attached hydrogen (secondary N) is 1. The van der Waals surface area contributed by atoms with Gasteiger partial charge in [0.25, 0.3) is 5.69 Å². The van der Waals surface area contributed by atoms with Crippen molar-refractivity contribution in [1.82, 2.24) is 0 Å². The molecule has 25 heavy (non-hydrogen) atoms. The van der Waals surface area contributed by atoms with Gasteiger partial charge in [-0.2, -0.15) is 0 Å². The molecule has 6 nitrogen and oxygen atoms in total. The largest absolute Gasteiger partial charge is 0.496 e. The molecular formula is C19H20N2O4. The summed E-state index contributed by atoms with van der Waals surface area (Å²) in [6, 6.07) is 12.1. The summed E-state index contributed by atoms with van der Waals surface area (Å²) in [5, 5.41) is 13.6. The van der Waals surface area contributed by atoms with Gasteiger partial charge in [-0.3, -0.25) is 14.9 Å². The molecule has 0 atom stereocenters. The van der Waals surface area contributed by atoms with Crippen LogP contribution in [0.15, 0.2) is 48.5 Å². The van der Waals surface area contributed by atoms with E-state index < -0.39 is 10.8 Å². The number of nitro groups is 1. The van der Waals surface area contributed by atoms with E-state index >= 15 is 0 Å². The Labute approximate surface area is 146 Å². The van der Waals surface area contributed by atoms with Crippen molar-refractivity contribution in [3.63, 3.8) is 0 Å². The highest BCUT2D eigenvalue weighted by Gasteiger charge is 2.16. The van der Waals surface area contributed by atoms with Crippen molar-refractivity contribution >= 4 is 23.4 Å². The van der Waals surface area contributed by atoms with Crippen LogP contribution in [-0.2, 0) is 4.79 Å². The van der Waals surface area contributed by atoms with Gasteiger partial charge in [-0.1, -0.05) is 38.1 Å². The number of amides is 1. The maximum Gasteiger partial charge on any atom is 0.296 e. The van der Waals surface area contributed by atoms with Crippen LogP contribution in [0.3, 0.4) is 0 Å². The van der Waals surface area contributed by atoms with Crippen LogP contribution < -0.4 is 10.1 Å². The minimum atomic E-state index is -0.563. The van der Waals surface area contributed by atoms with Crippen LogP contribution >= 0.6 is 0 Å². The molecular weight excluding hydrogens is 320 g/mol. The molecule has 2 aromatic rings. The van der Waals surface area contributed by atoms with E-state index in [4.69, 9.17) is 4.74 Å². The summed E-state index contributed by atoms with van der Waals surface area (Å²) >= 11 is 0. The van der Waals surface area contributed by atoms with E-state index in [0.29, 0.717) is 11.7 Å². The first-order chi connectivity index (χ1) is 11.9. The molecule has 1 N–H and O–H groups in total. The number of hydrogen-bond acceptors (Lipinski definition) is 4. The molecule has 0 heterocycles. The zero-order valence-electron chi connectivity index (χ0n) is 14.4. The van der Waals surface area contributed by atoms with E-state index in [1.54, 1.807) is 12.1 Å². The van der Waals surface area contributed by atoms with Gasteiger partial charge in [0.2, 0.25) is 5.91 Å². The van der Waals surface area contributed by atoms with Gasteiger partial charge in [-0.05, 0) is 35.3 Å². The Bertz CT molecular complexity index is 796. The topological polar surface area (TPSA) is 81.5 Å². The molecule has 2 aromatic carbocycles. The second-order valence-corrected chi connectivity index (χ2v) is 5.78. The first kappa shape index (κ1) is 18.2. The van der Waals surface area contributed by atoms with Crippen LogP contribution in [0.4, 0.5) is 11.4 Å². The number of hydrogen-bond donors (Lipinski definition) is 1. The summed E-state index contributed by atoms with van der Waals surface area (Å²) in [7, 11) is 1.42. The zero-order chi connectivity index (χ0) is 18.4. The van der Waals surface area contributed by atoms with Crippen LogP contribution in [0.1, 0.15) is 30.9 Å². The summed E-state index contributed by atoms with van der Waals surface area (Å²) in [6.07, 6.45) is 3.01. The minimum Gasteiger partial charge on any atom is -0.496 e. The fraction of sp³-hybridized carbons (Fsp3) is 0.211. The first-order valence-electron chi connectivity index (χ1n) is 7.82. The van der Waals surface area contributed by atoms with Crippen LogP contribution in [0.2, 0.25) is 0 Å². The highest BCUT2D eigenvalue weighted by atomic mass is 16.6. The van der Waals surface area contributed by atoms with E-state index in [2.05, 4.69) is 19.2 Å². The van der Waals surface area contributed by atoms with Gasteiger partial charge in [0.15, 0.2) is 0 Å². The Morgan fingerprint density at radius 2 is 1.88 bits per heavy atom. The number of nitro benzene ring substituents is 1. The van der Waals surface area contributed by atoms with Crippen LogP contribution in [-0.4, -0.2) is 17.9 Å². The van der Waals surface area contributed by atoms with Crippen molar-refractivity contribution in [2.75, 3.05) is 12.4 Å². The number of anilines is 1. The molecule has 0 aliphatic heterocycles. The summed E-state index contributed by atoms with van der Waals surface area (Å²) in [5.74, 6) is 0.351. The van der Waals surface area contributed by atoms with Crippen molar-refractivity contribution in [2.24, 2.45) is 0 Å². The third kappa shape index (κ3) is 4.91. The van der Waals surface area contributed by atoms with Gasteiger partial charge in [-0.15, -0.1) is 0 Å². The molecule has 0 unspecified atom stereocenters. The fourth-order valence-corrected chi connectivity index (χ4v) is 2.23. The summed E-state index contributed by atoms with van der Waals surface area (Å²) < 4.78 is 4.97. The molecule has 0 radical (unpaired) electrons. The number of benzene rings is 2. The lowest BCUT2D eigenvalue weighted by molar-refractivity contribution is -0.384. The van der Waals surface area contributed by atoms with E-state index in [1.807, 2.05) is 24.3 Å². The Morgan fingerprint density at radius 1 is 1.20 bits per heavy atom. The Morgan fingerprint density at radius 3 is 2.44 bits per heavy atom. The zero-order valence-corrected chi connectivity index (χ0v) is 14.4. The Hall–Kier alpha value is -3.15. The second-order valence-electron chi connectivity index (χ2n) is 5.78. The van der Waals surface area contributed by atoms with Crippen molar-refractivity contribution in [1.29, 1.82) is 0 Å². The molecule has 0 spiro atoms. The number of carbonyl (C=O) groups excluding carboxylic acids is 1. The molecule has 0 aliphatic carbocycles. The minimum absolute atomic E-state index is 0.121. The normalized spacial score (nSPS) is 10.9. The molecule has 130 valence electrons.